The highest BCUT2D eigenvalue weighted by atomic mass is 15.1. The van der Waals surface area contributed by atoms with Crippen molar-refractivity contribution in [2.45, 2.75) is 25.7 Å². The molecule has 0 spiro atoms. The van der Waals surface area contributed by atoms with E-state index in [1.807, 2.05) is 24.4 Å². The van der Waals surface area contributed by atoms with Crippen LogP contribution in [0, 0.1) is 12.8 Å². The lowest BCUT2D eigenvalue weighted by molar-refractivity contribution is 0.194. The number of hydrogen-bond donors (Lipinski definition) is 1. The van der Waals surface area contributed by atoms with Gasteiger partial charge in [0.1, 0.15) is 22.9 Å². The molecule has 0 radical (unpaired) electrons. The second-order valence-corrected chi connectivity index (χ2v) is 10.1. The average Bonchev–Trinajstić information content (AvgIpc) is 3.21. The molecule has 6 nitrogen and oxygen atoms in total. The molecule has 2 aromatic carbocycles. The second-order valence-electron chi connectivity index (χ2n) is 10.1. The Hall–Kier alpha value is -3.77. The molecule has 0 saturated heterocycles. The predicted octanol–water partition coefficient (Wildman–Crippen LogP) is 5.56. The highest BCUT2D eigenvalue weighted by Gasteiger charge is 2.34. The number of pyridine rings is 1. The topological polar surface area (TPSA) is 72.3 Å². The summed E-state index contributed by atoms with van der Waals surface area (Å²) in [6, 6.07) is 18.9. The minimum atomic E-state index is 0.438. The van der Waals surface area contributed by atoms with Crippen LogP contribution >= 0.6 is 0 Å². The first-order chi connectivity index (χ1) is 17.0. The molecular weight excluding hydrogens is 432 g/mol. The highest BCUT2D eigenvalue weighted by molar-refractivity contribution is 5.92. The standard InChI is InChI=1S/C29H30N6/c1-18-13-24(20-7-5-4-6-8-20)32-25-16-21(9-10-23(18)25)26-27-28(30)31-11-12-35(27)29(33-26)22-14-19(15-22)17-34(2)3/h4-13,16,19,22H,14-15,17H2,1-3H3,(H2,30,31). The van der Waals surface area contributed by atoms with Crippen LogP contribution in [0.1, 0.15) is 30.1 Å². The molecule has 0 amide bonds. The predicted molar refractivity (Wildman–Crippen MR) is 142 cm³/mol. The number of imidazole rings is 1. The Balaban J connectivity index is 1.45. The maximum atomic E-state index is 6.40. The number of nitrogens with two attached hydrogens (primary N) is 1. The lowest BCUT2D eigenvalue weighted by Crippen LogP contribution is -2.32. The van der Waals surface area contributed by atoms with Crippen LogP contribution in [0.5, 0.6) is 0 Å². The van der Waals surface area contributed by atoms with Gasteiger partial charge in [-0.05, 0) is 57.5 Å². The van der Waals surface area contributed by atoms with E-state index in [1.165, 1.54) is 5.56 Å². The smallest absolute Gasteiger partial charge is 0.150 e. The number of rotatable bonds is 5. The Morgan fingerprint density at radius 1 is 1.00 bits per heavy atom. The maximum absolute atomic E-state index is 6.40. The molecule has 3 aromatic heterocycles. The van der Waals surface area contributed by atoms with Crippen molar-refractivity contribution < 1.29 is 0 Å². The van der Waals surface area contributed by atoms with E-state index in [0.29, 0.717) is 17.7 Å². The van der Waals surface area contributed by atoms with Gasteiger partial charge >= 0.3 is 0 Å². The molecule has 5 aromatic rings. The number of nitrogens with zero attached hydrogens (tertiary/aromatic N) is 5. The quantitative estimate of drug-likeness (QED) is 0.370. The summed E-state index contributed by atoms with van der Waals surface area (Å²) in [5, 5.41) is 1.15. The number of nitrogen functional groups attached to an aromatic ring is 1. The van der Waals surface area contributed by atoms with Gasteiger partial charge in [-0.15, -0.1) is 0 Å². The summed E-state index contributed by atoms with van der Waals surface area (Å²) in [4.78, 5) is 16.8. The Bertz CT molecular complexity index is 1530. The number of aromatic nitrogens is 4. The molecule has 1 aliphatic carbocycles. The Labute approximate surface area is 205 Å². The van der Waals surface area contributed by atoms with Gasteiger partial charge in [0.15, 0.2) is 0 Å². The summed E-state index contributed by atoms with van der Waals surface area (Å²) in [6.45, 7) is 3.26. The zero-order valence-electron chi connectivity index (χ0n) is 20.4. The van der Waals surface area contributed by atoms with E-state index in [1.54, 1.807) is 6.20 Å². The number of hydrogen-bond acceptors (Lipinski definition) is 5. The van der Waals surface area contributed by atoms with Gasteiger partial charge in [-0.1, -0.05) is 42.5 Å². The first-order valence-corrected chi connectivity index (χ1v) is 12.2. The van der Waals surface area contributed by atoms with Crippen LogP contribution in [0.2, 0.25) is 0 Å². The number of aryl methyl sites for hydroxylation is 1. The van der Waals surface area contributed by atoms with Crippen molar-refractivity contribution in [1.29, 1.82) is 0 Å². The summed E-state index contributed by atoms with van der Waals surface area (Å²) in [5.74, 6) is 2.75. The van der Waals surface area contributed by atoms with Gasteiger partial charge in [0.2, 0.25) is 0 Å². The van der Waals surface area contributed by atoms with Crippen molar-refractivity contribution in [2.75, 3.05) is 26.4 Å². The lowest BCUT2D eigenvalue weighted by atomic mass is 9.74. The summed E-state index contributed by atoms with van der Waals surface area (Å²) in [7, 11) is 4.28. The van der Waals surface area contributed by atoms with Gasteiger partial charge in [0.05, 0.1) is 11.2 Å². The van der Waals surface area contributed by atoms with Crippen LogP contribution in [0.15, 0.2) is 67.0 Å². The molecule has 3 heterocycles. The highest BCUT2D eigenvalue weighted by Crippen LogP contribution is 2.43. The molecule has 0 bridgehead atoms. The molecule has 1 fully saturated rings. The van der Waals surface area contributed by atoms with Gasteiger partial charge < -0.3 is 10.6 Å². The molecule has 1 aliphatic rings. The molecule has 0 aliphatic heterocycles. The minimum Gasteiger partial charge on any atom is -0.382 e. The molecule has 176 valence electrons. The second kappa shape index (κ2) is 8.47. The average molecular weight is 463 g/mol. The maximum Gasteiger partial charge on any atom is 0.150 e. The summed E-state index contributed by atoms with van der Waals surface area (Å²) >= 11 is 0. The minimum absolute atomic E-state index is 0.438. The van der Waals surface area contributed by atoms with Gasteiger partial charge in [-0.3, -0.25) is 4.40 Å². The van der Waals surface area contributed by atoms with Crippen molar-refractivity contribution in [3.63, 3.8) is 0 Å². The van der Waals surface area contributed by atoms with E-state index in [-0.39, 0.29) is 0 Å². The summed E-state index contributed by atoms with van der Waals surface area (Å²) in [6.07, 6.45) is 6.06. The van der Waals surface area contributed by atoms with Crippen LogP contribution in [-0.2, 0) is 0 Å². The Morgan fingerprint density at radius 3 is 2.57 bits per heavy atom. The third-order valence-corrected chi connectivity index (χ3v) is 7.19. The van der Waals surface area contributed by atoms with Crippen LogP contribution < -0.4 is 5.73 Å². The van der Waals surface area contributed by atoms with Crippen LogP contribution in [0.25, 0.3) is 38.9 Å². The molecule has 0 atom stereocenters. The van der Waals surface area contributed by atoms with E-state index >= 15 is 0 Å². The third-order valence-electron chi connectivity index (χ3n) is 7.19. The largest absolute Gasteiger partial charge is 0.382 e. The fraction of sp³-hybridized carbons (Fsp3) is 0.276. The van der Waals surface area contributed by atoms with Gasteiger partial charge in [-0.2, -0.15) is 0 Å². The molecule has 6 heteroatoms. The molecule has 35 heavy (non-hydrogen) atoms. The van der Waals surface area contributed by atoms with Gasteiger partial charge in [0.25, 0.3) is 0 Å². The van der Waals surface area contributed by atoms with E-state index in [2.05, 4.69) is 71.7 Å². The first kappa shape index (κ1) is 21.7. The van der Waals surface area contributed by atoms with E-state index in [4.69, 9.17) is 15.7 Å². The van der Waals surface area contributed by atoms with Crippen LogP contribution in [0.4, 0.5) is 5.82 Å². The number of fused-ring (bicyclic) bond motifs is 2. The molecule has 6 rings (SSSR count). The fourth-order valence-corrected chi connectivity index (χ4v) is 5.49. The van der Waals surface area contributed by atoms with Crippen molar-refractivity contribution >= 4 is 22.2 Å². The fourth-order valence-electron chi connectivity index (χ4n) is 5.49. The van der Waals surface area contributed by atoms with Crippen molar-refractivity contribution in [1.82, 2.24) is 24.3 Å². The first-order valence-electron chi connectivity index (χ1n) is 12.2. The number of anilines is 1. The van der Waals surface area contributed by atoms with E-state index in [0.717, 1.165) is 64.1 Å². The SMILES string of the molecule is Cc1cc(-c2ccccc2)nc2cc(-c3nc(C4CC(CN(C)C)C4)n4ccnc(N)c34)ccc12. The van der Waals surface area contributed by atoms with Crippen LogP contribution in [0.3, 0.4) is 0 Å². The van der Waals surface area contributed by atoms with E-state index < -0.39 is 0 Å². The van der Waals surface area contributed by atoms with Gasteiger partial charge in [-0.25, -0.2) is 15.0 Å². The zero-order valence-corrected chi connectivity index (χ0v) is 20.4. The lowest BCUT2D eigenvalue weighted by Gasteiger charge is -2.36. The van der Waals surface area contributed by atoms with E-state index in [9.17, 15) is 0 Å². The summed E-state index contributed by atoms with van der Waals surface area (Å²) in [5.41, 5.74) is 13.4. The summed E-state index contributed by atoms with van der Waals surface area (Å²) < 4.78 is 2.15. The Morgan fingerprint density at radius 2 is 1.80 bits per heavy atom. The Kier molecular flexibility index (Phi) is 5.26. The molecular formula is C29H30N6. The number of benzene rings is 2. The van der Waals surface area contributed by atoms with Crippen LogP contribution in [-0.4, -0.2) is 44.9 Å². The van der Waals surface area contributed by atoms with Crippen molar-refractivity contribution in [3.05, 3.63) is 78.4 Å². The molecule has 1 saturated carbocycles. The molecule has 2 N–H and O–H groups in total. The third kappa shape index (κ3) is 3.84. The normalized spacial score (nSPS) is 17.8. The van der Waals surface area contributed by atoms with Gasteiger partial charge in [0, 0.05) is 41.4 Å². The van der Waals surface area contributed by atoms with Crippen molar-refractivity contribution in [3.8, 4) is 22.5 Å². The molecule has 0 unspecified atom stereocenters. The monoisotopic (exact) mass is 462 g/mol. The van der Waals surface area contributed by atoms with Crippen molar-refractivity contribution in [2.24, 2.45) is 5.92 Å². The zero-order chi connectivity index (χ0) is 24.1.